The number of amides is 2. The molecule has 0 aliphatic carbocycles. The average Bonchev–Trinajstić information content (AvgIpc) is 2.65. The summed E-state index contributed by atoms with van der Waals surface area (Å²) in [6, 6.07) is 9.27. The van der Waals surface area contributed by atoms with Gasteiger partial charge >= 0.3 is 0 Å². The number of hydrazine groups is 1. The summed E-state index contributed by atoms with van der Waals surface area (Å²) in [6.45, 7) is 1.30. The Bertz CT molecular complexity index is 1110. The molecule has 2 aromatic rings. The van der Waals surface area contributed by atoms with E-state index in [0.29, 0.717) is 5.02 Å². The van der Waals surface area contributed by atoms with Crippen LogP contribution < -0.4 is 15.6 Å². The minimum atomic E-state index is -3.97. The third kappa shape index (κ3) is 6.26. The second kappa shape index (κ2) is 8.91. The number of benzene rings is 2. The number of hydrogen-bond donors (Lipinski definition) is 3. The van der Waals surface area contributed by atoms with E-state index in [-0.39, 0.29) is 15.4 Å². The molecule has 3 N–H and O–H groups in total. The molecule has 1 atom stereocenters. The first kappa shape index (κ1) is 22.8. The van der Waals surface area contributed by atoms with Crippen molar-refractivity contribution in [3.05, 3.63) is 59.1 Å². The van der Waals surface area contributed by atoms with E-state index >= 15 is 0 Å². The van der Waals surface area contributed by atoms with Crippen LogP contribution in [0.2, 0.25) is 5.02 Å². The molecule has 0 saturated heterocycles. The van der Waals surface area contributed by atoms with Crippen molar-refractivity contribution in [2.24, 2.45) is 0 Å². The number of carbonyl (C=O) groups is 2. The van der Waals surface area contributed by atoms with E-state index < -0.39 is 37.7 Å². The maximum Gasteiger partial charge on any atom is 0.269 e. The zero-order valence-electron chi connectivity index (χ0n) is 15.3. The van der Waals surface area contributed by atoms with E-state index in [2.05, 4.69) is 15.6 Å². The highest BCUT2D eigenvalue weighted by Crippen LogP contribution is 2.14. The lowest BCUT2D eigenvalue weighted by molar-refractivity contribution is -0.123. The monoisotopic (exact) mass is 459 g/mol. The van der Waals surface area contributed by atoms with E-state index in [9.17, 15) is 26.4 Å². The number of nitrogens with one attached hydrogen (secondary N) is 3. The Labute approximate surface area is 173 Å². The predicted molar refractivity (Wildman–Crippen MR) is 106 cm³/mol. The van der Waals surface area contributed by atoms with Crippen LogP contribution in [0.25, 0.3) is 0 Å². The van der Waals surface area contributed by atoms with E-state index in [1.807, 2.05) is 0 Å². The van der Waals surface area contributed by atoms with E-state index in [4.69, 9.17) is 11.6 Å². The summed E-state index contributed by atoms with van der Waals surface area (Å²) in [5, 5.41) is 0.363. The topological polar surface area (TPSA) is 139 Å². The summed E-state index contributed by atoms with van der Waals surface area (Å²) in [5.41, 5.74) is 4.34. The van der Waals surface area contributed by atoms with Crippen molar-refractivity contribution in [2.45, 2.75) is 22.8 Å². The number of rotatable bonds is 6. The van der Waals surface area contributed by atoms with Crippen molar-refractivity contribution in [1.29, 1.82) is 0 Å². The van der Waals surface area contributed by atoms with Crippen LogP contribution in [0.15, 0.2) is 58.3 Å². The predicted octanol–water partition coefficient (Wildman–Crippen LogP) is 0.872. The molecule has 0 radical (unpaired) electrons. The van der Waals surface area contributed by atoms with Crippen molar-refractivity contribution in [1.82, 2.24) is 15.6 Å². The maximum absolute atomic E-state index is 12.3. The Morgan fingerprint density at radius 3 is 1.90 bits per heavy atom. The largest absolute Gasteiger partial charge is 0.271 e. The fourth-order valence-corrected chi connectivity index (χ4v) is 4.08. The highest BCUT2D eigenvalue weighted by molar-refractivity contribution is 7.90. The smallest absolute Gasteiger partial charge is 0.269 e. The van der Waals surface area contributed by atoms with Crippen LogP contribution in [0.3, 0.4) is 0 Å². The summed E-state index contributed by atoms with van der Waals surface area (Å²) in [5.74, 6) is -1.50. The Kier molecular flexibility index (Phi) is 7.01. The van der Waals surface area contributed by atoms with Crippen LogP contribution >= 0.6 is 11.6 Å². The number of sulfonamides is 1. The van der Waals surface area contributed by atoms with Gasteiger partial charge in [0.1, 0.15) is 0 Å². The first-order chi connectivity index (χ1) is 13.4. The Morgan fingerprint density at radius 2 is 1.38 bits per heavy atom. The molecule has 2 amide bonds. The molecule has 0 aromatic heterocycles. The SMILES string of the molecule is C[C@H](NS(=O)(=O)c1ccc(Cl)cc1)C(=O)NNC(=O)c1ccc(S(C)(=O)=O)cc1. The van der Waals surface area contributed by atoms with Crippen molar-refractivity contribution in [3.8, 4) is 0 Å². The number of hydrogen-bond acceptors (Lipinski definition) is 6. The highest BCUT2D eigenvalue weighted by Gasteiger charge is 2.22. The first-order valence-corrected chi connectivity index (χ1v) is 11.8. The van der Waals surface area contributed by atoms with Gasteiger partial charge in [-0.05, 0) is 55.5 Å². The van der Waals surface area contributed by atoms with Crippen LogP contribution in [0.5, 0.6) is 0 Å². The zero-order chi connectivity index (χ0) is 21.8. The van der Waals surface area contributed by atoms with Gasteiger partial charge in [-0.1, -0.05) is 11.6 Å². The molecule has 0 aliphatic heterocycles. The summed E-state index contributed by atoms with van der Waals surface area (Å²) in [7, 11) is -7.37. The van der Waals surface area contributed by atoms with Gasteiger partial charge in [0.15, 0.2) is 9.84 Å². The lowest BCUT2D eigenvalue weighted by atomic mass is 10.2. The maximum atomic E-state index is 12.3. The van der Waals surface area contributed by atoms with Crippen molar-refractivity contribution in [3.63, 3.8) is 0 Å². The standard InChI is InChI=1S/C17H18ClN3O6S2/c1-11(21-29(26,27)15-9-5-13(18)6-10-15)16(22)19-20-17(23)12-3-7-14(8-4-12)28(2,24)25/h3-11,21H,1-2H3,(H,19,22)(H,20,23)/t11-/m0/s1. The molecule has 29 heavy (non-hydrogen) atoms. The summed E-state index contributed by atoms with van der Waals surface area (Å²) in [4.78, 5) is 24.1. The van der Waals surface area contributed by atoms with Gasteiger partial charge in [0.25, 0.3) is 11.8 Å². The molecule has 2 aromatic carbocycles. The third-order valence-corrected chi connectivity index (χ3v) is 6.63. The molecule has 12 heteroatoms. The number of sulfone groups is 1. The molecule has 2 rings (SSSR count). The lowest BCUT2D eigenvalue weighted by Gasteiger charge is -2.15. The van der Waals surface area contributed by atoms with Gasteiger partial charge in [-0.3, -0.25) is 20.4 Å². The second-order valence-electron chi connectivity index (χ2n) is 6.04. The van der Waals surface area contributed by atoms with Crippen LogP contribution in [0.1, 0.15) is 17.3 Å². The van der Waals surface area contributed by atoms with E-state index in [1.165, 1.54) is 55.5 Å². The van der Waals surface area contributed by atoms with Crippen molar-refractivity contribution < 1.29 is 26.4 Å². The second-order valence-corrected chi connectivity index (χ2v) is 10.2. The van der Waals surface area contributed by atoms with Gasteiger partial charge in [-0.2, -0.15) is 4.72 Å². The first-order valence-electron chi connectivity index (χ1n) is 8.08. The Hall–Kier alpha value is -2.47. The van der Waals surface area contributed by atoms with Gasteiger partial charge in [-0.15, -0.1) is 0 Å². The molecule has 0 fully saturated rings. The Morgan fingerprint density at radius 1 is 0.862 bits per heavy atom. The highest BCUT2D eigenvalue weighted by atomic mass is 35.5. The minimum Gasteiger partial charge on any atom is -0.271 e. The number of halogens is 1. The normalized spacial score (nSPS) is 12.8. The van der Waals surface area contributed by atoms with Gasteiger partial charge in [0, 0.05) is 16.8 Å². The van der Waals surface area contributed by atoms with E-state index in [1.54, 1.807) is 0 Å². The minimum absolute atomic E-state index is 0.0447. The summed E-state index contributed by atoms with van der Waals surface area (Å²) in [6.07, 6.45) is 1.04. The summed E-state index contributed by atoms with van der Waals surface area (Å²) < 4.78 is 49.5. The molecule has 0 bridgehead atoms. The third-order valence-electron chi connectivity index (χ3n) is 3.69. The molecule has 0 spiro atoms. The Balaban J connectivity index is 1.95. The average molecular weight is 460 g/mol. The quantitative estimate of drug-likeness (QED) is 0.548. The lowest BCUT2D eigenvalue weighted by Crippen LogP contribution is -2.51. The van der Waals surface area contributed by atoms with Crippen LogP contribution in [0, 0.1) is 0 Å². The molecule has 0 heterocycles. The fourth-order valence-electron chi connectivity index (χ4n) is 2.12. The van der Waals surface area contributed by atoms with Crippen LogP contribution in [0.4, 0.5) is 0 Å². The number of carbonyl (C=O) groups excluding carboxylic acids is 2. The molecule has 0 aliphatic rings. The molecular weight excluding hydrogens is 442 g/mol. The molecule has 0 unspecified atom stereocenters. The van der Waals surface area contributed by atoms with Crippen LogP contribution in [-0.2, 0) is 24.7 Å². The van der Waals surface area contributed by atoms with Crippen LogP contribution in [-0.4, -0.2) is 40.9 Å². The van der Waals surface area contributed by atoms with E-state index in [0.717, 1.165) is 6.26 Å². The van der Waals surface area contributed by atoms with Gasteiger partial charge in [0.2, 0.25) is 10.0 Å². The molecule has 0 saturated carbocycles. The van der Waals surface area contributed by atoms with Gasteiger partial charge in [0.05, 0.1) is 15.8 Å². The molecule has 156 valence electrons. The summed E-state index contributed by atoms with van der Waals surface area (Å²) >= 11 is 5.72. The molecule has 9 nitrogen and oxygen atoms in total. The molecular formula is C17H18ClN3O6S2. The zero-order valence-corrected chi connectivity index (χ0v) is 17.7. The van der Waals surface area contributed by atoms with Gasteiger partial charge < -0.3 is 0 Å². The fraction of sp³-hybridized carbons (Fsp3) is 0.176. The van der Waals surface area contributed by atoms with Crippen molar-refractivity contribution in [2.75, 3.05) is 6.26 Å². The van der Waals surface area contributed by atoms with Gasteiger partial charge in [-0.25, -0.2) is 16.8 Å². The van der Waals surface area contributed by atoms with Crippen molar-refractivity contribution >= 4 is 43.3 Å².